The molecular formula is C17H18N4O2. The highest BCUT2D eigenvalue weighted by atomic mass is 16.5. The molecule has 118 valence electrons. The Morgan fingerprint density at radius 2 is 2.04 bits per heavy atom. The number of ether oxygens (including phenoxy) is 1. The Balaban J connectivity index is 1.80. The molecule has 6 heteroatoms. The third-order valence-corrected chi connectivity index (χ3v) is 3.51. The van der Waals surface area contributed by atoms with Crippen LogP contribution in [0.2, 0.25) is 0 Å². The number of methoxy groups -OCH3 is 1. The minimum Gasteiger partial charge on any atom is -0.385 e. The number of hydrogen-bond acceptors (Lipinski definition) is 4. The van der Waals surface area contributed by atoms with E-state index in [4.69, 9.17) is 4.74 Å². The number of nitrogens with one attached hydrogen (secondary N) is 1. The van der Waals surface area contributed by atoms with Gasteiger partial charge in [-0.05, 0) is 18.6 Å². The molecule has 0 atom stereocenters. The highest BCUT2D eigenvalue weighted by Crippen LogP contribution is 2.18. The fourth-order valence-corrected chi connectivity index (χ4v) is 2.34. The topological polar surface area (TPSA) is 68.5 Å². The molecule has 3 rings (SSSR count). The van der Waals surface area contributed by atoms with Crippen molar-refractivity contribution in [3.8, 4) is 11.4 Å². The highest BCUT2D eigenvalue weighted by molar-refractivity contribution is 5.95. The fraction of sp³-hybridized carbons (Fsp3) is 0.235. The van der Waals surface area contributed by atoms with Crippen LogP contribution in [0.25, 0.3) is 17.0 Å². The van der Waals surface area contributed by atoms with E-state index in [-0.39, 0.29) is 5.91 Å². The lowest BCUT2D eigenvalue weighted by molar-refractivity contribution is 0.0948. The maximum Gasteiger partial charge on any atom is 0.251 e. The van der Waals surface area contributed by atoms with Crippen LogP contribution < -0.4 is 5.32 Å². The first-order valence-electron chi connectivity index (χ1n) is 7.47. The van der Waals surface area contributed by atoms with Crippen LogP contribution in [-0.4, -0.2) is 40.8 Å². The molecule has 23 heavy (non-hydrogen) atoms. The summed E-state index contributed by atoms with van der Waals surface area (Å²) in [5, 5.41) is 11.2. The van der Waals surface area contributed by atoms with Crippen molar-refractivity contribution >= 4 is 11.6 Å². The quantitative estimate of drug-likeness (QED) is 0.708. The summed E-state index contributed by atoms with van der Waals surface area (Å²) in [7, 11) is 1.64. The van der Waals surface area contributed by atoms with Gasteiger partial charge in [0.05, 0.1) is 0 Å². The summed E-state index contributed by atoms with van der Waals surface area (Å²) >= 11 is 0. The molecule has 1 amide bonds. The van der Waals surface area contributed by atoms with Gasteiger partial charge in [-0.1, -0.05) is 30.3 Å². The van der Waals surface area contributed by atoms with Crippen LogP contribution in [0.15, 0.2) is 48.7 Å². The molecule has 6 nitrogen and oxygen atoms in total. The van der Waals surface area contributed by atoms with E-state index in [1.165, 1.54) is 0 Å². The van der Waals surface area contributed by atoms with Gasteiger partial charge in [-0.15, -0.1) is 10.2 Å². The Kier molecular flexibility index (Phi) is 4.63. The molecule has 3 aromatic rings. The van der Waals surface area contributed by atoms with Crippen LogP contribution in [0.5, 0.6) is 0 Å². The molecule has 0 fully saturated rings. The summed E-state index contributed by atoms with van der Waals surface area (Å²) in [5.41, 5.74) is 2.20. The summed E-state index contributed by atoms with van der Waals surface area (Å²) < 4.78 is 6.83. The summed E-state index contributed by atoms with van der Waals surface area (Å²) in [6, 6.07) is 13.3. The zero-order chi connectivity index (χ0) is 16.1. The number of carbonyl (C=O) groups is 1. The molecule has 2 aromatic heterocycles. The van der Waals surface area contributed by atoms with Crippen LogP contribution in [-0.2, 0) is 4.74 Å². The van der Waals surface area contributed by atoms with Crippen molar-refractivity contribution < 1.29 is 9.53 Å². The Morgan fingerprint density at radius 3 is 2.83 bits per heavy atom. The summed E-state index contributed by atoms with van der Waals surface area (Å²) in [6.45, 7) is 1.21. The van der Waals surface area contributed by atoms with Crippen molar-refractivity contribution in [1.82, 2.24) is 19.9 Å². The lowest BCUT2D eigenvalue weighted by Crippen LogP contribution is -2.25. The molecule has 0 aliphatic carbocycles. The number of nitrogens with zero attached hydrogens (tertiary/aromatic N) is 3. The number of carbonyl (C=O) groups excluding carboxylic acids is 1. The van der Waals surface area contributed by atoms with Gasteiger partial charge in [0.2, 0.25) is 0 Å². The first-order chi connectivity index (χ1) is 11.3. The van der Waals surface area contributed by atoms with Crippen molar-refractivity contribution in [2.24, 2.45) is 0 Å². The fourth-order valence-electron chi connectivity index (χ4n) is 2.34. The standard InChI is InChI=1S/C17H18N4O2/c1-23-11-5-9-18-17(22)14-8-10-21-15(12-14)19-20-16(21)13-6-3-2-4-7-13/h2-4,6-8,10,12H,5,9,11H2,1H3,(H,18,22). The van der Waals surface area contributed by atoms with Gasteiger partial charge in [0.15, 0.2) is 11.5 Å². The Bertz CT molecular complexity index is 799. The second-order valence-corrected chi connectivity index (χ2v) is 5.14. The van der Waals surface area contributed by atoms with Crippen molar-refractivity contribution in [2.45, 2.75) is 6.42 Å². The van der Waals surface area contributed by atoms with Gasteiger partial charge in [0, 0.05) is 37.6 Å². The second kappa shape index (κ2) is 7.02. The Labute approximate surface area is 134 Å². The van der Waals surface area contributed by atoms with Crippen molar-refractivity contribution in [3.63, 3.8) is 0 Å². The smallest absolute Gasteiger partial charge is 0.251 e. The number of pyridine rings is 1. The van der Waals surface area contributed by atoms with Crippen molar-refractivity contribution in [3.05, 3.63) is 54.2 Å². The number of amides is 1. The zero-order valence-electron chi connectivity index (χ0n) is 12.9. The number of aromatic nitrogens is 3. The van der Waals surface area contributed by atoms with E-state index in [9.17, 15) is 4.79 Å². The number of fused-ring (bicyclic) bond motifs is 1. The van der Waals surface area contributed by atoms with Crippen LogP contribution in [0, 0.1) is 0 Å². The molecular weight excluding hydrogens is 292 g/mol. The molecule has 0 spiro atoms. The molecule has 1 aromatic carbocycles. The summed E-state index contributed by atoms with van der Waals surface area (Å²) in [6.07, 6.45) is 2.61. The van der Waals surface area contributed by atoms with E-state index in [1.54, 1.807) is 19.2 Å². The van der Waals surface area contributed by atoms with E-state index in [2.05, 4.69) is 15.5 Å². The number of rotatable bonds is 6. The van der Waals surface area contributed by atoms with Crippen molar-refractivity contribution in [1.29, 1.82) is 0 Å². The SMILES string of the molecule is COCCCNC(=O)c1ccn2c(-c3ccccc3)nnc2c1. The Morgan fingerprint density at radius 1 is 1.22 bits per heavy atom. The Hall–Kier alpha value is -2.73. The molecule has 0 bridgehead atoms. The molecule has 1 N–H and O–H groups in total. The van der Waals surface area contributed by atoms with Crippen molar-refractivity contribution in [2.75, 3.05) is 20.3 Å². The molecule has 0 radical (unpaired) electrons. The van der Waals surface area contributed by atoms with Gasteiger partial charge >= 0.3 is 0 Å². The van der Waals surface area contributed by atoms with Gasteiger partial charge in [-0.25, -0.2) is 0 Å². The first-order valence-corrected chi connectivity index (χ1v) is 7.47. The van der Waals surface area contributed by atoms with Gasteiger partial charge in [-0.2, -0.15) is 0 Å². The van der Waals surface area contributed by atoms with Gasteiger partial charge < -0.3 is 10.1 Å². The molecule has 0 aliphatic heterocycles. The predicted molar refractivity (Wildman–Crippen MR) is 87.2 cm³/mol. The van der Waals surface area contributed by atoms with Crippen LogP contribution in [0.1, 0.15) is 16.8 Å². The normalized spacial score (nSPS) is 10.8. The maximum absolute atomic E-state index is 12.1. The average Bonchev–Trinajstić information content (AvgIpc) is 3.02. The van der Waals surface area contributed by atoms with E-state index < -0.39 is 0 Å². The third kappa shape index (κ3) is 3.37. The van der Waals surface area contributed by atoms with Crippen LogP contribution >= 0.6 is 0 Å². The highest BCUT2D eigenvalue weighted by Gasteiger charge is 2.11. The molecule has 0 saturated heterocycles. The lowest BCUT2D eigenvalue weighted by atomic mass is 10.2. The third-order valence-electron chi connectivity index (χ3n) is 3.51. The largest absolute Gasteiger partial charge is 0.385 e. The minimum atomic E-state index is -0.118. The monoisotopic (exact) mass is 310 g/mol. The molecule has 0 unspecified atom stereocenters. The van der Waals surface area contributed by atoms with Gasteiger partial charge in [-0.3, -0.25) is 9.20 Å². The summed E-state index contributed by atoms with van der Waals surface area (Å²) in [5.74, 6) is 0.639. The van der Waals surface area contributed by atoms with Crippen LogP contribution in [0.4, 0.5) is 0 Å². The van der Waals surface area contributed by atoms with E-state index in [0.29, 0.717) is 24.4 Å². The maximum atomic E-state index is 12.1. The summed E-state index contributed by atoms with van der Waals surface area (Å²) in [4.78, 5) is 12.1. The van der Waals surface area contributed by atoms with E-state index in [0.717, 1.165) is 17.8 Å². The minimum absolute atomic E-state index is 0.118. The average molecular weight is 310 g/mol. The molecule has 2 heterocycles. The predicted octanol–water partition coefficient (Wildman–Crippen LogP) is 2.16. The van der Waals surface area contributed by atoms with Gasteiger partial charge in [0.1, 0.15) is 0 Å². The molecule has 0 saturated carbocycles. The van der Waals surface area contributed by atoms with E-state index >= 15 is 0 Å². The zero-order valence-corrected chi connectivity index (χ0v) is 12.9. The number of benzene rings is 1. The first kappa shape index (κ1) is 15.2. The molecule has 0 aliphatic rings. The van der Waals surface area contributed by atoms with E-state index in [1.807, 2.05) is 40.9 Å². The van der Waals surface area contributed by atoms with Crippen LogP contribution in [0.3, 0.4) is 0 Å². The second-order valence-electron chi connectivity index (χ2n) is 5.14. The lowest BCUT2D eigenvalue weighted by Gasteiger charge is -2.05. The van der Waals surface area contributed by atoms with Gasteiger partial charge in [0.25, 0.3) is 5.91 Å². The number of hydrogen-bond donors (Lipinski definition) is 1.